The average Bonchev–Trinajstić information content (AvgIpc) is 2.49. The molecule has 0 fully saturated rings. The van der Waals surface area contributed by atoms with Crippen molar-refractivity contribution in [1.82, 2.24) is 0 Å². The van der Waals surface area contributed by atoms with E-state index in [0.717, 1.165) is 11.1 Å². The molecule has 0 heterocycles. The minimum atomic E-state index is 0.563. The van der Waals surface area contributed by atoms with E-state index in [2.05, 4.69) is 30.3 Å². The Labute approximate surface area is 109 Å². The van der Waals surface area contributed by atoms with Crippen molar-refractivity contribution in [3.05, 3.63) is 84.9 Å². The molecule has 0 amide bonds. The van der Waals surface area contributed by atoms with Gasteiger partial charge < -0.3 is 0 Å². The lowest BCUT2D eigenvalue weighted by Crippen LogP contribution is -1.80. The van der Waals surface area contributed by atoms with Gasteiger partial charge in [0, 0.05) is 0 Å². The van der Waals surface area contributed by atoms with Gasteiger partial charge in [-0.2, -0.15) is 0 Å². The predicted octanol–water partition coefficient (Wildman–Crippen LogP) is 5.02. The Morgan fingerprint density at radius 2 is 1.06 bits per heavy atom. The summed E-state index contributed by atoms with van der Waals surface area (Å²) in [4.78, 5) is 0. The summed E-state index contributed by atoms with van der Waals surface area (Å²) in [7, 11) is 0. The van der Waals surface area contributed by atoms with Crippen LogP contribution in [0.25, 0.3) is 22.3 Å². The van der Waals surface area contributed by atoms with Crippen LogP contribution in [0.15, 0.2) is 84.9 Å². The van der Waals surface area contributed by atoms with Crippen molar-refractivity contribution in [3.8, 4) is 22.3 Å². The summed E-state index contributed by atoms with van der Waals surface area (Å²) in [5.74, 6) is 0. The van der Waals surface area contributed by atoms with Gasteiger partial charge in [-0.05, 0) is 28.3 Å². The maximum absolute atomic E-state index is 7.98. The first kappa shape index (κ1) is 9.67. The molecule has 0 unspecified atom stereocenters. The van der Waals surface area contributed by atoms with Gasteiger partial charge in [0.2, 0.25) is 0 Å². The number of hydrogen-bond acceptors (Lipinski definition) is 0. The summed E-state index contributed by atoms with van der Waals surface area (Å²) in [5.41, 5.74) is 4.44. The van der Waals surface area contributed by atoms with Crippen LogP contribution in [0.2, 0.25) is 0 Å². The topological polar surface area (TPSA) is 0 Å². The second-order valence-corrected chi connectivity index (χ2v) is 4.22. The highest BCUT2D eigenvalue weighted by Gasteiger charge is 2.00. The van der Waals surface area contributed by atoms with Crippen molar-refractivity contribution in [2.24, 2.45) is 0 Å². The normalized spacial score (nSPS) is 11.0. The maximum atomic E-state index is 7.98. The second kappa shape index (κ2) is 4.89. The minimum Gasteiger partial charge on any atom is -0.0622 e. The third-order valence-electron chi connectivity index (χ3n) is 2.99. The van der Waals surface area contributed by atoms with E-state index >= 15 is 0 Å². The van der Waals surface area contributed by atoms with Crippen LogP contribution in [-0.2, 0) is 0 Å². The van der Waals surface area contributed by atoms with Crippen LogP contribution in [0.1, 0.15) is 1.37 Å². The fourth-order valence-electron chi connectivity index (χ4n) is 2.07. The van der Waals surface area contributed by atoms with E-state index in [9.17, 15) is 0 Å². The Hall–Kier alpha value is -2.34. The van der Waals surface area contributed by atoms with E-state index in [-0.39, 0.29) is 0 Å². The zero-order chi connectivity index (χ0) is 13.1. The Bertz CT molecular complexity index is 687. The molecule has 3 aromatic carbocycles. The number of hydrogen-bond donors (Lipinski definition) is 0. The maximum Gasteiger partial charge on any atom is 0.0629 e. The molecule has 0 saturated heterocycles. The summed E-state index contributed by atoms with van der Waals surface area (Å²) in [6, 6.07) is 26.9. The smallest absolute Gasteiger partial charge is 0.0622 e. The first-order chi connectivity index (χ1) is 9.34. The Balaban J connectivity index is 2.09. The van der Waals surface area contributed by atoms with E-state index in [1.165, 1.54) is 11.1 Å². The third-order valence-corrected chi connectivity index (χ3v) is 2.99. The summed E-state index contributed by atoms with van der Waals surface area (Å²) < 4.78 is 7.98. The van der Waals surface area contributed by atoms with Crippen LogP contribution in [0.5, 0.6) is 0 Å². The molecule has 0 spiro atoms. The standard InChI is InChI=1S/C18H14/c1-3-8-15(9-4-1)17-12-7-13-18(14-17)16-10-5-2-6-11-16/h1-14H/i8D. The number of rotatable bonds is 2. The molecule has 0 nitrogen and oxygen atoms in total. The largest absolute Gasteiger partial charge is 0.0629 e. The van der Waals surface area contributed by atoms with Gasteiger partial charge in [0.1, 0.15) is 0 Å². The molecule has 0 radical (unpaired) electrons. The van der Waals surface area contributed by atoms with E-state index in [1.54, 1.807) is 0 Å². The summed E-state index contributed by atoms with van der Waals surface area (Å²) in [5, 5.41) is 0. The van der Waals surface area contributed by atoms with Crippen LogP contribution >= 0.6 is 0 Å². The third kappa shape index (κ3) is 2.18. The monoisotopic (exact) mass is 231 g/mol. The molecule has 0 aliphatic carbocycles. The lowest BCUT2D eigenvalue weighted by atomic mass is 9.99. The molecule has 0 bridgehead atoms. The van der Waals surface area contributed by atoms with Crippen molar-refractivity contribution in [1.29, 1.82) is 0 Å². The molecule has 0 saturated carbocycles. The van der Waals surface area contributed by atoms with Crippen molar-refractivity contribution < 1.29 is 1.37 Å². The van der Waals surface area contributed by atoms with Gasteiger partial charge in [0.15, 0.2) is 0 Å². The minimum absolute atomic E-state index is 0.563. The van der Waals surface area contributed by atoms with Gasteiger partial charge in [-0.15, -0.1) is 0 Å². The molecule has 18 heavy (non-hydrogen) atoms. The van der Waals surface area contributed by atoms with E-state index in [4.69, 9.17) is 1.37 Å². The van der Waals surface area contributed by atoms with Crippen molar-refractivity contribution in [2.45, 2.75) is 0 Å². The predicted molar refractivity (Wildman–Crippen MR) is 77.3 cm³/mol. The Morgan fingerprint density at radius 3 is 1.78 bits per heavy atom. The van der Waals surface area contributed by atoms with E-state index in [0.29, 0.717) is 6.04 Å². The summed E-state index contributed by atoms with van der Waals surface area (Å²) in [6.07, 6.45) is 0. The van der Waals surface area contributed by atoms with Gasteiger partial charge in [0.25, 0.3) is 0 Å². The first-order valence-electron chi connectivity index (χ1n) is 6.56. The second-order valence-electron chi connectivity index (χ2n) is 4.22. The highest BCUT2D eigenvalue weighted by atomic mass is 14.0. The molecular weight excluding hydrogens is 216 g/mol. The quantitative estimate of drug-likeness (QED) is 0.581. The SMILES string of the molecule is [2H]c1ccccc1-c1cccc(-c2ccccc2)c1. The molecule has 0 heteroatoms. The fraction of sp³-hybridized carbons (Fsp3) is 0. The van der Waals surface area contributed by atoms with Gasteiger partial charge >= 0.3 is 0 Å². The van der Waals surface area contributed by atoms with Gasteiger partial charge in [-0.3, -0.25) is 0 Å². The number of benzene rings is 3. The van der Waals surface area contributed by atoms with Crippen molar-refractivity contribution >= 4 is 0 Å². The van der Waals surface area contributed by atoms with E-state index in [1.807, 2.05) is 48.5 Å². The molecule has 0 aliphatic rings. The van der Waals surface area contributed by atoms with Crippen LogP contribution in [0, 0.1) is 0 Å². The van der Waals surface area contributed by atoms with E-state index < -0.39 is 0 Å². The van der Waals surface area contributed by atoms with Crippen LogP contribution < -0.4 is 0 Å². The van der Waals surface area contributed by atoms with Gasteiger partial charge in [-0.25, -0.2) is 0 Å². The van der Waals surface area contributed by atoms with Crippen molar-refractivity contribution in [2.75, 3.05) is 0 Å². The molecule has 0 atom stereocenters. The molecule has 86 valence electrons. The summed E-state index contributed by atoms with van der Waals surface area (Å²) in [6.45, 7) is 0. The van der Waals surface area contributed by atoms with Crippen LogP contribution in [-0.4, -0.2) is 0 Å². The Morgan fingerprint density at radius 1 is 0.500 bits per heavy atom. The van der Waals surface area contributed by atoms with Crippen LogP contribution in [0.3, 0.4) is 0 Å². The lowest BCUT2D eigenvalue weighted by molar-refractivity contribution is 1.59. The molecule has 0 N–H and O–H groups in total. The van der Waals surface area contributed by atoms with Crippen molar-refractivity contribution in [3.63, 3.8) is 0 Å². The van der Waals surface area contributed by atoms with Gasteiger partial charge in [-0.1, -0.05) is 78.8 Å². The van der Waals surface area contributed by atoms with Crippen LogP contribution in [0.4, 0.5) is 0 Å². The molecule has 0 aliphatic heterocycles. The first-order valence-corrected chi connectivity index (χ1v) is 6.06. The average molecular weight is 231 g/mol. The lowest BCUT2D eigenvalue weighted by Gasteiger charge is -2.05. The highest BCUT2D eigenvalue weighted by Crippen LogP contribution is 2.25. The highest BCUT2D eigenvalue weighted by molar-refractivity contribution is 5.72. The molecular formula is C18H14. The summed E-state index contributed by atoms with van der Waals surface area (Å²) >= 11 is 0. The fourth-order valence-corrected chi connectivity index (χ4v) is 2.07. The molecule has 3 aromatic rings. The van der Waals surface area contributed by atoms with Gasteiger partial charge in [0.05, 0.1) is 1.37 Å². The molecule has 0 aromatic heterocycles. The Kier molecular flexibility index (Phi) is 2.62. The zero-order valence-electron chi connectivity index (χ0n) is 11.0. The zero-order valence-corrected chi connectivity index (χ0v) is 10.0. The molecule has 3 rings (SSSR count).